The van der Waals surface area contributed by atoms with Crippen molar-refractivity contribution >= 4 is 17.6 Å². The maximum atomic E-state index is 13.6. The number of hydrogen-bond acceptors (Lipinski definition) is 11. The molecule has 0 spiro atoms. The van der Waals surface area contributed by atoms with Gasteiger partial charge in [-0.05, 0) is 17.2 Å². The minimum absolute atomic E-state index is 0.000384. The average molecular weight is 606 g/mol. The van der Waals surface area contributed by atoms with E-state index in [4.69, 9.17) is 60.2 Å². The molecule has 12 heteroatoms. The Bertz CT molecular complexity index is 1180. The zero-order valence-electron chi connectivity index (χ0n) is 23.8. The van der Waals surface area contributed by atoms with E-state index in [1.54, 1.807) is 14.2 Å². The molecule has 228 valence electrons. The second-order valence-corrected chi connectivity index (χ2v) is 9.00. The summed E-state index contributed by atoms with van der Waals surface area (Å²) in [6.07, 6.45) is -2.19. The van der Waals surface area contributed by atoms with Gasteiger partial charge in [-0.3, -0.25) is 4.84 Å². The smallest absolute Gasteiger partial charge is 0.343 e. The number of rotatable bonds is 19. The maximum Gasteiger partial charge on any atom is 0.343 e. The lowest BCUT2D eigenvalue weighted by Crippen LogP contribution is -2.24. The summed E-state index contributed by atoms with van der Waals surface area (Å²) in [6, 6.07) is 20.0. The van der Waals surface area contributed by atoms with Crippen LogP contribution in [0.15, 0.2) is 66.7 Å². The summed E-state index contributed by atoms with van der Waals surface area (Å²) < 4.78 is 44.0. The first kappa shape index (κ1) is 33.1. The van der Waals surface area contributed by atoms with Gasteiger partial charge >= 0.3 is 5.97 Å². The third kappa shape index (κ3) is 9.30. The molecule has 0 bridgehead atoms. The Balaban J connectivity index is 1.94. The van der Waals surface area contributed by atoms with Crippen molar-refractivity contribution < 1.29 is 47.5 Å². The molecule has 0 saturated heterocycles. The average Bonchev–Trinajstić information content (AvgIpc) is 3.02. The molecule has 0 heterocycles. The van der Waals surface area contributed by atoms with Crippen molar-refractivity contribution in [3.63, 3.8) is 0 Å². The topological polar surface area (TPSA) is 126 Å². The number of carbonyl (C=O) groups is 1. The van der Waals surface area contributed by atoms with Crippen molar-refractivity contribution in [3.05, 3.63) is 88.4 Å². The lowest BCUT2D eigenvalue weighted by Gasteiger charge is -2.24. The van der Waals surface area contributed by atoms with E-state index >= 15 is 0 Å². The van der Waals surface area contributed by atoms with Gasteiger partial charge in [-0.1, -0.05) is 72.3 Å². The molecule has 0 aliphatic carbocycles. The summed E-state index contributed by atoms with van der Waals surface area (Å²) in [5.41, 5.74) is 1.64. The number of ether oxygens (including phenoxy) is 8. The lowest BCUT2D eigenvalue weighted by atomic mass is 10.0. The van der Waals surface area contributed by atoms with Crippen LogP contribution in [0.3, 0.4) is 0 Å². The molecule has 11 nitrogen and oxygen atoms in total. The molecule has 3 aromatic rings. The largest absolute Gasteiger partial charge is 0.491 e. The molecule has 3 rings (SSSR count). The quantitative estimate of drug-likeness (QED) is 0.0890. The van der Waals surface area contributed by atoms with Gasteiger partial charge in [0, 0.05) is 19.8 Å². The predicted molar refractivity (Wildman–Crippen MR) is 153 cm³/mol. The van der Waals surface area contributed by atoms with Crippen molar-refractivity contribution in [3.8, 4) is 17.2 Å². The summed E-state index contributed by atoms with van der Waals surface area (Å²) in [7, 11) is 4.51. The van der Waals surface area contributed by atoms with Gasteiger partial charge in [0.2, 0.25) is 11.9 Å². The van der Waals surface area contributed by atoms with Crippen LogP contribution in [-0.4, -0.2) is 67.3 Å². The van der Waals surface area contributed by atoms with E-state index < -0.39 is 18.2 Å². The van der Waals surface area contributed by atoms with Gasteiger partial charge in [0.15, 0.2) is 31.2 Å². The number of benzene rings is 3. The zero-order chi connectivity index (χ0) is 30.2. The Morgan fingerprint density at radius 1 is 0.786 bits per heavy atom. The van der Waals surface area contributed by atoms with Crippen LogP contribution in [0, 0.1) is 0 Å². The Morgan fingerprint density at radius 3 is 1.83 bits per heavy atom. The van der Waals surface area contributed by atoms with Gasteiger partial charge in [0.25, 0.3) is 0 Å². The number of carbonyl (C=O) groups excluding carboxylic acids is 1. The molecule has 0 aliphatic heterocycles. The molecular weight excluding hydrogens is 570 g/mol. The van der Waals surface area contributed by atoms with Gasteiger partial charge in [-0.15, -0.1) is 0 Å². The fourth-order valence-corrected chi connectivity index (χ4v) is 4.17. The first-order chi connectivity index (χ1) is 20.5. The molecule has 2 N–H and O–H groups in total. The van der Waals surface area contributed by atoms with Gasteiger partial charge < -0.3 is 37.9 Å². The molecule has 0 saturated carbocycles. The minimum atomic E-state index is -1.45. The van der Waals surface area contributed by atoms with Crippen LogP contribution in [0.5, 0.6) is 17.2 Å². The van der Waals surface area contributed by atoms with E-state index in [-0.39, 0.29) is 48.0 Å². The Kier molecular flexibility index (Phi) is 14.3. The number of esters is 1. The third-order valence-electron chi connectivity index (χ3n) is 5.89. The van der Waals surface area contributed by atoms with E-state index in [0.717, 1.165) is 11.1 Å². The van der Waals surface area contributed by atoms with Crippen molar-refractivity contribution in [2.75, 3.05) is 61.3 Å². The summed E-state index contributed by atoms with van der Waals surface area (Å²) in [5.74, 6) is 5.17. The Labute approximate surface area is 250 Å². The van der Waals surface area contributed by atoms with Crippen LogP contribution < -0.4 is 20.1 Å². The van der Waals surface area contributed by atoms with E-state index in [1.165, 1.54) is 13.2 Å². The van der Waals surface area contributed by atoms with E-state index in [1.807, 2.05) is 60.7 Å². The van der Waals surface area contributed by atoms with Crippen molar-refractivity contribution in [2.45, 2.75) is 12.2 Å². The number of halogens is 1. The van der Waals surface area contributed by atoms with Crippen molar-refractivity contribution in [1.29, 1.82) is 0 Å². The molecular formula is C30H36ClNO10. The van der Waals surface area contributed by atoms with E-state index in [9.17, 15) is 4.79 Å². The Morgan fingerprint density at radius 2 is 1.33 bits per heavy atom. The van der Waals surface area contributed by atoms with Gasteiger partial charge in [0.1, 0.15) is 0 Å². The molecule has 0 fully saturated rings. The maximum absolute atomic E-state index is 13.6. The van der Waals surface area contributed by atoms with Gasteiger partial charge in [-0.25, -0.2) is 10.7 Å². The first-order valence-electron chi connectivity index (χ1n) is 13.0. The highest BCUT2D eigenvalue weighted by atomic mass is 35.5. The third-order valence-corrected chi connectivity index (χ3v) is 6.28. The summed E-state index contributed by atoms with van der Waals surface area (Å²) in [4.78, 5) is 18.7. The second kappa shape index (κ2) is 18.2. The minimum Gasteiger partial charge on any atom is -0.491 e. The zero-order valence-corrected chi connectivity index (χ0v) is 24.5. The number of methoxy groups -OCH3 is 3. The highest BCUT2D eigenvalue weighted by Gasteiger charge is 2.33. The first-order valence-corrected chi connectivity index (χ1v) is 13.4. The van der Waals surface area contributed by atoms with Crippen LogP contribution in [0.25, 0.3) is 0 Å². The van der Waals surface area contributed by atoms with E-state index in [2.05, 4.69) is 0 Å². The fraction of sp³-hybridized carbons (Fsp3) is 0.367. The molecule has 0 amide bonds. The highest BCUT2D eigenvalue weighted by molar-refractivity contribution is 6.33. The standard InChI is InChI=1S/C30H36ClNO10/c1-34-14-16-37-19-39-24-18-23(25(31)29(36-3)28(24)40-20-38-17-15-35-2)27(42-32)30(33)41-26(21-10-6-4-7-11-21)22-12-8-5-9-13-22/h4-13,18,26-27H,14-17,19-20,32H2,1-3H3. The van der Waals surface area contributed by atoms with Crippen LogP contribution in [0.4, 0.5) is 0 Å². The Hall–Kier alpha value is -3.42. The summed E-state index contributed by atoms with van der Waals surface area (Å²) in [6.45, 7) is 0.989. The van der Waals surface area contributed by atoms with Gasteiger partial charge in [-0.2, -0.15) is 0 Å². The summed E-state index contributed by atoms with van der Waals surface area (Å²) in [5, 5.41) is 0.000384. The molecule has 3 aromatic carbocycles. The van der Waals surface area contributed by atoms with Crippen LogP contribution in [0.2, 0.25) is 5.02 Å². The highest BCUT2D eigenvalue weighted by Crippen LogP contribution is 2.47. The van der Waals surface area contributed by atoms with Crippen LogP contribution in [-0.2, 0) is 33.3 Å². The normalized spacial score (nSPS) is 11.8. The molecule has 0 aromatic heterocycles. The van der Waals surface area contributed by atoms with E-state index in [0.29, 0.717) is 19.8 Å². The number of nitrogens with two attached hydrogens (primary N) is 1. The van der Waals surface area contributed by atoms with Crippen molar-refractivity contribution in [1.82, 2.24) is 0 Å². The van der Waals surface area contributed by atoms with Gasteiger partial charge in [0.05, 0.1) is 38.6 Å². The lowest BCUT2D eigenvalue weighted by molar-refractivity contribution is -0.162. The molecule has 42 heavy (non-hydrogen) atoms. The van der Waals surface area contributed by atoms with Crippen LogP contribution >= 0.6 is 11.6 Å². The molecule has 1 unspecified atom stereocenters. The fourth-order valence-electron chi connectivity index (χ4n) is 3.86. The second-order valence-electron chi connectivity index (χ2n) is 8.62. The summed E-state index contributed by atoms with van der Waals surface area (Å²) >= 11 is 6.73. The van der Waals surface area contributed by atoms with Crippen LogP contribution in [0.1, 0.15) is 28.9 Å². The van der Waals surface area contributed by atoms with Crippen molar-refractivity contribution in [2.24, 2.45) is 5.90 Å². The predicted octanol–water partition coefficient (Wildman–Crippen LogP) is 4.61. The molecule has 0 radical (unpaired) electrons. The molecule has 0 aliphatic rings. The monoisotopic (exact) mass is 605 g/mol. The molecule has 1 atom stereocenters. The SMILES string of the molecule is COCCOCOc1cc(C(ON)C(=O)OC(c2ccccc2)c2ccccc2)c(Cl)c(OC)c1OCOCCOC. The number of hydrogen-bond donors (Lipinski definition) is 1.